The fraction of sp³-hybridized carbons (Fsp3) is 0.190. The highest BCUT2D eigenvalue weighted by atomic mass is 32.2. The van der Waals surface area contributed by atoms with Crippen molar-refractivity contribution in [3.05, 3.63) is 60.7 Å². The van der Waals surface area contributed by atoms with Crippen molar-refractivity contribution < 1.29 is 22.7 Å². The molecule has 2 N–H and O–H groups in total. The molecule has 0 aliphatic carbocycles. The molecule has 8 heteroatoms. The number of hydrogen-bond acceptors (Lipinski definition) is 6. The molecule has 1 atom stereocenters. The zero-order valence-corrected chi connectivity index (χ0v) is 17.1. The van der Waals surface area contributed by atoms with Crippen LogP contribution in [0.4, 0.5) is 11.4 Å². The van der Waals surface area contributed by atoms with Crippen LogP contribution >= 0.6 is 0 Å². The summed E-state index contributed by atoms with van der Waals surface area (Å²) >= 11 is 0. The Morgan fingerprint density at radius 3 is 2.07 bits per heavy atom. The standard InChI is InChI=1S/C21H22N2O5S/c1-14(21(24)28-3)22-19-12-13-20(18-7-5-4-6-17(18)19)23-29(25,26)16-10-8-15(27-2)9-11-16/h4-14,22-23H,1-3H3. The average Bonchev–Trinajstić information content (AvgIpc) is 2.74. The first-order chi connectivity index (χ1) is 13.9. The molecule has 0 aliphatic heterocycles. The largest absolute Gasteiger partial charge is 0.497 e. The number of benzene rings is 3. The van der Waals surface area contributed by atoms with Gasteiger partial charge in [-0.3, -0.25) is 4.72 Å². The van der Waals surface area contributed by atoms with Crippen molar-refractivity contribution in [2.24, 2.45) is 0 Å². The van der Waals surface area contributed by atoms with Gasteiger partial charge < -0.3 is 14.8 Å². The van der Waals surface area contributed by atoms with Gasteiger partial charge >= 0.3 is 5.97 Å². The maximum Gasteiger partial charge on any atom is 0.327 e. The summed E-state index contributed by atoms with van der Waals surface area (Å²) in [5.74, 6) is 0.183. The van der Waals surface area contributed by atoms with Crippen LogP contribution < -0.4 is 14.8 Å². The van der Waals surface area contributed by atoms with Gasteiger partial charge in [0, 0.05) is 16.5 Å². The first kappa shape index (κ1) is 20.5. The van der Waals surface area contributed by atoms with Gasteiger partial charge in [0.2, 0.25) is 0 Å². The highest BCUT2D eigenvalue weighted by Crippen LogP contribution is 2.32. The maximum atomic E-state index is 12.8. The zero-order valence-electron chi connectivity index (χ0n) is 16.3. The second-order valence-electron chi connectivity index (χ2n) is 6.38. The van der Waals surface area contributed by atoms with E-state index in [2.05, 4.69) is 10.0 Å². The lowest BCUT2D eigenvalue weighted by Crippen LogP contribution is -2.27. The van der Waals surface area contributed by atoms with Crippen molar-refractivity contribution in [3.8, 4) is 5.75 Å². The number of methoxy groups -OCH3 is 2. The van der Waals surface area contributed by atoms with E-state index >= 15 is 0 Å². The van der Waals surface area contributed by atoms with Gasteiger partial charge in [-0.05, 0) is 43.3 Å². The molecule has 3 aromatic rings. The normalized spacial score (nSPS) is 12.2. The van der Waals surface area contributed by atoms with Crippen LogP contribution in [-0.4, -0.2) is 34.6 Å². The van der Waals surface area contributed by atoms with Gasteiger partial charge in [0.05, 0.1) is 24.8 Å². The number of sulfonamides is 1. The molecule has 0 fully saturated rings. The predicted octanol–water partition coefficient (Wildman–Crippen LogP) is 3.62. The van der Waals surface area contributed by atoms with Gasteiger partial charge in [0.25, 0.3) is 10.0 Å². The third-order valence-electron chi connectivity index (χ3n) is 4.46. The van der Waals surface area contributed by atoms with E-state index in [9.17, 15) is 13.2 Å². The summed E-state index contributed by atoms with van der Waals surface area (Å²) in [5, 5.41) is 4.58. The number of carbonyl (C=O) groups excluding carboxylic acids is 1. The van der Waals surface area contributed by atoms with Crippen LogP contribution in [0.2, 0.25) is 0 Å². The molecule has 0 saturated heterocycles. The molecular formula is C21H22N2O5S. The summed E-state index contributed by atoms with van der Waals surface area (Å²) < 4.78 is 38.1. The number of carbonyl (C=O) groups is 1. The quantitative estimate of drug-likeness (QED) is 0.574. The highest BCUT2D eigenvalue weighted by molar-refractivity contribution is 7.92. The van der Waals surface area contributed by atoms with Gasteiger partial charge in [-0.2, -0.15) is 0 Å². The second-order valence-corrected chi connectivity index (χ2v) is 8.06. The molecule has 29 heavy (non-hydrogen) atoms. The van der Waals surface area contributed by atoms with Crippen LogP contribution in [0.1, 0.15) is 6.92 Å². The van der Waals surface area contributed by atoms with Gasteiger partial charge in [-0.25, -0.2) is 13.2 Å². The van der Waals surface area contributed by atoms with Crippen molar-refractivity contribution in [3.63, 3.8) is 0 Å². The van der Waals surface area contributed by atoms with Gasteiger partial charge in [-0.15, -0.1) is 0 Å². The van der Waals surface area contributed by atoms with Crippen LogP contribution in [0.3, 0.4) is 0 Å². The van der Waals surface area contributed by atoms with Crippen molar-refractivity contribution in [1.29, 1.82) is 0 Å². The van der Waals surface area contributed by atoms with Crippen LogP contribution in [0, 0.1) is 0 Å². The lowest BCUT2D eigenvalue weighted by molar-refractivity contribution is -0.141. The summed E-state index contributed by atoms with van der Waals surface area (Å²) in [6.45, 7) is 1.70. The van der Waals surface area contributed by atoms with Crippen molar-refractivity contribution >= 4 is 38.1 Å². The molecule has 0 spiro atoms. The summed E-state index contributed by atoms with van der Waals surface area (Å²) in [4.78, 5) is 11.9. The molecule has 0 heterocycles. The molecule has 0 aliphatic rings. The number of nitrogens with one attached hydrogen (secondary N) is 2. The van der Waals surface area contributed by atoms with E-state index in [0.29, 0.717) is 22.5 Å². The topological polar surface area (TPSA) is 93.7 Å². The predicted molar refractivity (Wildman–Crippen MR) is 113 cm³/mol. The Balaban J connectivity index is 1.96. The molecule has 3 rings (SSSR count). The maximum absolute atomic E-state index is 12.8. The lowest BCUT2D eigenvalue weighted by Gasteiger charge is -2.17. The summed E-state index contributed by atoms with van der Waals surface area (Å²) in [5.41, 5.74) is 1.14. The van der Waals surface area contributed by atoms with E-state index in [0.717, 1.165) is 5.39 Å². The van der Waals surface area contributed by atoms with Crippen LogP contribution in [-0.2, 0) is 19.6 Å². The minimum Gasteiger partial charge on any atom is -0.497 e. The second kappa shape index (κ2) is 8.40. The number of hydrogen-bond donors (Lipinski definition) is 2. The molecule has 7 nitrogen and oxygen atoms in total. The summed E-state index contributed by atoms with van der Waals surface area (Å²) in [6, 6.07) is 16.3. The molecule has 0 bridgehead atoms. The van der Waals surface area contributed by atoms with Crippen LogP contribution in [0.5, 0.6) is 5.75 Å². The highest BCUT2D eigenvalue weighted by Gasteiger charge is 2.18. The molecular weight excluding hydrogens is 392 g/mol. The Kier molecular flexibility index (Phi) is 5.93. The minimum atomic E-state index is -3.78. The Morgan fingerprint density at radius 2 is 1.48 bits per heavy atom. The van der Waals surface area contributed by atoms with Gasteiger partial charge in [0.1, 0.15) is 11.8 Å². The molecule has 1 unspecified atom stereocenters. The van der Waals surface area contributed by atoms with Crippen LogP contribution in [0.25, 0.3) is 10.8 Å². The van der Waals surface area contributed by atoms with Crippen LogP contribution in [0.15, 0.2) is 65.6 Å². The fourth-order valence-electron chi connectivity index (χ4n) is 2.94. The van der Waals surface area contributed by atoms with E-state index < -0.39 is 22.0 Å². The molecule has 152 valence electrons. The van der Waals surface area contributed by atoms with E-state index in [1.54, 1.807) is 31.2 Å². The fourth-order valence-corrected chi connectivity index (χ4v) is 4.02. The molecule has 0 radical (unpaired) electrons. The SMILES string of the molecule is COC(=O)C(C)Nc1ccc(NS(=O)(=O)c2ccc(OC)cc2)c2ccccc12. The van der Waals surface area contributed by atoms with Crippen molar-refractivity contribution in [1.82, 2.24) is 0 Å². The summed E-state index contributed by atoms with van der Waals surface area (Å²) in [7, 11) is -0.936. The lowest BCUT2D eigenvalue weighted by atomic mass is 10.1. The summed E-state index contributed by atoms with van der Waals surface area (Å²) in [6.07, 6.45) is 0. The number of ether oxygens (including phenoxy) is 2. The van der Waals surface area contributed by atoms with Gasteiger partial charge in [-0.1, -0.05) is 24.3 Å². The Bertz CT molecular complexity index is 1130. The average molecular weight is 414 g/mol. The van der Waals surface area contributed by atoms with Crippen molar-refractivity contribution in [2.75, 3.05) is 24.3 Å². The van der Waals surface area contributed by atoms with Crippen molar-refractivity contribution in [2.45, 2.75) is 17.9 Å². The van der Waals surface area contributed by atoms with E-state index in [1.165, 1.54) is 26.4 Å². The van der Waals surface area contributed by atoms with E-state index in [4.69, 9.17) is 9.47 Å². The number of anilines is 2. The third-order valence-corrected chi connectivity index (χ3v) is 5.85. The molecule has 0 amide bonds. The third kappa shape index (κ3) is 4.43. The Hall–Kier alpha value is -3.26. The number of rotatable bonds is 7. The number of esters is 1. The Morgan fingerprint density at radius 1 is 0.897 bits per heavy atom. The molecule has 0 aromatic heterocycles. The van der Waals surface area contributed by atoms with E-state index in [1.807, 2.05) is 24.3 Å². The smallest absolute Gasteiger partial charge is 0.327 e. The first-order valence-electron chi connectivity index (χ1n) is 8.88. The van der Waals surface area contributed by atoms with Gasteiger partial charge in [0.15, 0.2) is 0 Å². The van der Waals surface area contributed by atoms with E-state index in [-0.39, 0.29) is 4.90 Å². The molecule has 0 saturated carbocycles. The molecule has 3 aromatic carbocycles. The zero-order chi connectivity index (χ0) is 21.0. The monoisotopic (exact) mass is 414 g/mol. The minimum absolute atomic E-state index is 0.129. The Labute approximate surface area is 169 Å². The first-order valence-corrected chi connectivity index (χ1v) is 10.4. The number of fused-ring (bicyclic) bond motifs is 1.